The predicted octanol–water partition coefficient (Wildman–Crippen LogP) is 7.35. The van der Waals surface area contributed by atoms with Gasteiger partial charge in [0.1, 0.15) is 17.1 Å². The lowest BCUT2D eigenvalue weighted by Crippen LogP contribution is -2.22. The monoisotopic (exact) mass is 403 g/mol. The van der Waals surface area contributed by atoms with Gasteiger partial charge in [0.05, 0.1) is 6.10 Å². The molecular weight excluding hydrogens is 370 g/mol. The summed E-state index contributed by atoms with van der Waals surface area (Å²) in [7, 11) is 0. The third kappa shape index (κ3) is 8.12. The maximum Gasteiger partial charge on any atom is 0.120 e. The average Bonchev–Trinajstić information content (AvgIpc) is 2.67. The molecule has 3 heteroatoms. The zero-order chi connectivity index (χ0) is 22.1. The average molecular weight is 404 g/mol. The van der Waals surface area contributed by atoms with Crippen LogP contribution in [0, 0.1) is 0 Å². The summed E-state index contributed by atoms with van der Waals surface area (Å²) >= 11 is 0. The summed E-state index contributed by atoms with van der Waals surface area (Å²) < 4.78 is 11.5. The number of nitrogens with zero attached hydrogens (tertiary/aromatic N) is 1. The molecule has 0 aliphatic rings. The molecular formula is C27H33NO2. The number of hydrogen-bond donors (Lipinski definition) is 0. The first-order valence-electron chi connectivity index (χ1n) is 10.3. The van der Waals surface area contributed by atoms with E-state index in [-0.39, 0.29) is 11.7 Å². The van der Waals surface area contributed by atoms with Gasteiger partial charge in [0, 0.05) is 12.4 Å². The van der Waals surface area contributed by atoms with Crippen LogP contribution in [-0.2, 0) is 0 Å². The van der Waals surface area contributed by atoms with E-state index < -0.39 is 0 Å². The molecule has 0 unspecified atom stereocenters. The number of hydrogen-bond acceptors (Lipinski definition) is 3. The van der Waals surface area contributed by atoms with Gasteiger partial charge >= 0.3 is 0 Å². The van der Waals surface area contributed by atoms with Crippen molar-refractivity contribution in [3.63, 3.8) is 0 Å². The minimum atomic E-state index is -0.195. The maximum absolute atomic E-state index is 5.83. The van der Waals surface area contributed by atoms with Crippen LogP contribution in [0.4, 0.5) is 0 Å². The second kappa shape index (κ2) is 10.6. The van der Waals surface area contributed by atoms with E-state index in [0.717, 1.165) is 33.8 Å². The zero-order valence-corrected chi connectivity index (χ0v) is 19.0. The van der Waals surface area contributed by atoms with Crippen molar-refractivity contribution in [3.05, 3.63) is 84.1 Å². The molecule has 158 valence electrons. The largest absolute Gasteiger partial charge is 0.491 e. The highest BCUT2D eigenvalue weighted by atomic mass is 16.5. The fourth-order valence-electron chi connectivity index (χ4n) is 2.67. The Morgan fingerprint density at radius 3 is 2.13 bits per heavy atom. The smallest absolute Gasteiger partial charge is 0.120 e. The zero-order valence-electron chi connectivity index (χ0n) is 19.0. The van der Waals surface area contributed by atoms with E-state index in [1.54, 1.807) is 12.4 Å². The number of allylic oxidation sites excluding steroid dienone is 3. The number of aliphatic imine (C=N–C) groups is 1. The normalized spacial score (nSPS) is 12.7. The van der Waals surface area contributed by atoms with Crippen LogP contribution >= 0.6 is 0 Å². The molecule has 0 aliphatic carbocycles. The molecule has 2 rings (SSSR count). The highest BCUT2D eigenvalue weighted by molar-refractivity contribution is 5.84. The topological polar surface area (TPSA) is 30.8 Å². The van der Waals surface area contributed by atoms with E-state index in [2.05, 4.69) is 11.6 Å². The molecule has 0 fully saturated rings. The third-order valence-electron chi connectivity index (χ3n) is 4.12. The molecule has 0 amide bonds. The Kier molecular flexibility index (Phi) is 8.23. The quantitative estimate of drug-likeness (QED) is 0.341. The van der Waals surface area contributed by atoms with E-state index in [1.165, 1.54) is 0 Å². The molecule has 0 saturated heterocycles. The van der Waals surface area contributed by atoms with Crippen LogP contribution in [0.15, 0.2) is 78.0 Å². The highest BCUT2D eigenvalue weighted by Crippen LogP contribution is 2.23. The van der Waals surface area contributed by atoms with Gasteiger partial charge in [-0.3, -0.25) is 4.99 Å². The molecule has 0 radical (unpaired) electrons. The Morgan fingerprint density at radius 1 is 0.967 bits per heavy atom. The fraction of sp³-hybridized carbons (Fsp3) is 0.296. The Labute approximate surface area is 181 Å². The molecule has 2 aromatic carbocycles. The standard InChI is InChI=1S/C27H33NO2/c1-20(2)29-25-14-10-24(11-15-25)22(4)21(3)16-18-28-19-17-23-8-12-26(13-9-23)30-27(5,6)7/h8-20H,4H2,1-3,5-7H3/b19-17+,21-16-,28-18+. The molecule has 0 heterocycles. The first-order chi connectivity index (χ1) is 14.1. The van der Waals surface area contributed by atoms with Gasteiger partial charge in [-0.25, -0.2) is 0 Å². The van der Waals surface area contributed by atoms with Crippen molar-refractivity contribution in [1.82, 2.24) is 0 Å². The summed E-state index contributed by atoms with van der Waals surface area (Å²) in [6, 6.07) is 16.0. The van der Waals surface area contributed by atoms with E-state index in [9.17, 15) is 0 Å². The molecule has 0 aliphatic heterocycles. The molecule has 0 atom stereocenters. The van der Waals surface area contributed by atoms with Crippen molar-refractivity contribution >= 4 is 17.9 Å². The van der Waals surface area contributed by atoms with Crippen LogP contribution in [-0.4, -0.2) is 17.9 Å². The first kappa shape index (κ1) is 23.2. The lowest BCUT2D eigenvalue weighted by molar-refractivity contribution is 0.131. The summed E-state index contributed by atoms with van der Waals surface area (Å²) in [4.78, 5) is 4.34. The molecule has 0 bridgehead atoms. The van der Waals surface area contributed by atoms with E-state index >= 15 is 0 Å². The molecule has 0 N–H and O–H groups in total. The van der Waals surface area contributed by atoms with Crippen LogP contribution in [0.25, 0.3) is 11.6 Å². The van der Waals surface area contributed by atoms with Gasteiger partial charge in [0.25, 0.3) is 0 Å². The summed E-state index contributed by atoms with van der Waals surface area (Å²) in [5, 5.41) is 0. The molecule has 0 saturated carbocycles. The fourth-order valence-corrected chi connectivity index (χ4v) is 2.67. The SMILES string of the molecule is C=C(\C(C)=C/C=N/C=C/c1ccc(OC(C)(C)C)cc1)c1ccc(OC(C)C)cc1. The Hall–Kier alpha value is -3.07. The second-order valence-electron chi connectivity index (χ2n) is 8.42. The minimum absolute atomic E-state index is 0.166. The first-order valence-corrected chi connectivity index (χ1v) is 10.3. The Bertz CT molecular complexity index is 909. The molecule has 2 aromatic rings. The van der Waals surface area contributed by atoms with Crippen molar-refractivity contribution in [2.75, 3.05) is 0 Å². The van der Waals surface area contributed by atoms with Gasteiger partial charge in [-0.15, -0.1) is 0 Å². The van der Waals surface area contributed by atoms with Gasteiger partial charge in [0.2, 0.25) is 0 Å². The van der Waals surface area contributed by atoms with Gasteiger partial charge in [0.15, 0.2) is 0 Å². The van der Waals surface area contributed by atoms with E-state index in [1.807, 2.05) is 102 Å². The predicted molar refractivity (Wildman–Crippen MR) is 129 cm³/mol. The van der Waals surface area contributed by atoms with E-state index in [4.69, 9.17) is 9.47 Å². The Morgan fingerprint density at radius 2 is 1.57 bits per heavy atom. The van der Waals surface area contributed by atoms with Crippen LogP contribution in [0.1, 0.15) is 52.7 Å². The minimum Gasteiger partial charge on any atom is -0.491 e. The lowest BCUT2D eigenvalue weighted by Gasteiger charge is -2.21. The van der Waals surface area contributed by atoms with Gasteiger partial charge < -0.3 is 9.47 Å². The number of benzene rings is 2. The highest BCUT2D eigenvalue weighted by Gasteiger charge is 2.10. The summed E-state index contributed by atoms with van der Waals surface area (Å²) in [6.45, 7) is 16.4. The van der Waals surface area contributed by atoms with Crippen molar-refractivity contribution in [2.45, 2.75) is 53.2 Å². The third-order valence-corrected chi connectivity index (χ3v) is 4.12. The van der Waals surface area contributed by atoms with Gasteiger partial charge in [-0.2, -0.15) is 0 Å². The number of ether oxygens (including phenoxy) is 2. The second-order valence-corrected chi connectivity index (χ2v) is 8.42. The molecule has 0 spiro atoms. The van der Waals surface area contributed by atoms with Crippen molar-refractivity contribution in [3.8, 4) is 11.5 Å². The van der Waals surface area contributed by atoms with Crippen LogP contribution < -0.4 is 9.47 Å². The molecule has 0 aromatic heterocycles. The summed E-state index contributed by atoms with van der Waals surface area (Å²) in [6.07, 6.45) is 7.66. The summed E-state index contributed by atoms with van der Waals surface area (Å²) in [5.74, 6) is 1.73. The Balaban J connectivity index is 1.92. The van der Waals surface area contributed by atoms with Crippen LogP contribution in [0.2, 0.25) is 0 Å². The van der Waals surface area contributed by atoms with Crippen molar-refractivity contribution in [2.24, 2.45) is 4.99 Å². The maximum atomic E-state index is 5.83. The van der Waals surface area contributed by atoms with E-state index in [0.29, 0.717) is 0 Å². The van der Waals surface area contributed by atoms with Crippen molar-refractivity contribution < 1.29 is 9.47 Å². The molecule has 3 nitrogen and oxygen atoms in total. The lowest BCUT2D eigenvalue weighted by atomic mass is 10.0. The van der Waals surface area contributed by atoms with Crippen LogP contribution in [0.3, 0.4) is 0 Å². The van der Waals surface area contributed by atoms with Gasteiger partial charge in [-0.1, -0.05) is 30.8 Å². The van der Waals surface area contributed by atoms with Crippen LogP contribution in [0.5, 0.6) is 11.5 Å². The number of rotatable bonds is 8. The molecule has 30 heavy (non-hydrogen) atoms. The van der Waals surface area contributed by atoms with Gasteiger partial charge in [-0.05, 0) is 100 Å². The summed E-state index contributed by atoms with van der Waals surface area (Å²) in [5.41, 5.74) is 3.98. The van der Waals surface area contributed by atoms with Crippen molar-refractivity contribution in [1.29, 1.82) is 0 Å².